The van der Waals surface area contributed by atoms with E-state index in [2.05, 4.69) is 5.32 Å². The topological polar surface area (TPSA) is 71.8 Å². The molecule has 2 saturated heterocycles. The van der Waals surface area contributed by atoms with Crippen LogP contribution >= 0.6 is 0 Å². The maximum Gasteiger partial charge on any atom is 0.289 e. The molecular formula is C16H22N2O4. The van der Waals surface area contributed by atoms with Crippen LogP contribution in [0.25, 0.3) is 0 Å². The minimum Gasteiger partial charge on any atom is -0.459 e. The second kappa shape index (κ2) is 6.96. The highest BCUT2D eigenvalue weighted by molar-refractivity contribution is 5.91. The quantitative estimate of drug-likeness (QED) is 0.913. The SMILES string of the molecule is O=C(NCC1CCCO1)C1CCN(C(=O)c2ccco2)CC1. The third kappa shape index (κ3) is 3.50. The van der Waals surface area contributed by atoms with E-state index in [9.17, 15) is 9.59 Å². The van der Waals surface area contributed by atoms with Gasteiger partial charge in [0.25, 0.3) is 5.91 Å². The number of amides is 2. The van der Waals surface area contributed by atoms with Gasteiger partial charge in [0.15, 0.2) is 5.76 Å². The average Bonchev–Trinajstić information content (AvgIpc) is 3.25. The first kappa shape index (κ1) is 15.1. The van der Waals surface area contributed by atoms with Crippen molar-refractivity contribution in [3.05, 3.63) is 24.2 Å². The predicted molar refractivity (Wildman–Crippen MR) is 79.3 cm³/mol. The summed E-state index contributed by atoms with van der Waals surface area (Å²) in [5, 5.41) is 2.98. The van der Waals surface area contributed by atoms with Gasteiger partial charge in [0.05, 0.1) is 12.4 Å². The molecule has 0 bridgehead atoms. The monoisotopic (exact) mass is 306 g/mol. The molecule has 2 amide bonds. The second-order valence-electron chi connectivity index (χ2n) is 5.92. The Labute approximate surface area is 129 Å². The van der Waals surface area contributed by atoms with E-state index in [1.807, 2.05) is 0 Å². The Kier molecular flexibility index (Phi) is 4.77. The summed E-state index contributed by atoms with van der Waals surface area (Å²) < 4.78 is 10.6. The Bertz CT molecular complexity index is 500. The molecule has 1 N–H and O–H groups in total. The van der Waals surface area contributed by atoms with E-state index in [-0.39, 0.29) is 23.8 Å². The smallest absolute Gasteiger partial charge is 0.289 e. The van der Waals surface area contributed by atoms with Crippen LogP contribution in [0.3, 0.4) is 0 Å². The van der Waals surface area contributed by atoms with E-state index in [0.29, 0.717) is 38.2 Å². The van der Waals surface area contributed by atoms with Gasteiger partial charge in [-0.05, 0) is 37.8 Å². The minimum absolute atomic E-state index is 0.0120. The summed E-state index contributed by atoms with van der Waals surface area (Å²) in [5.74, 6) is 0.340. The fourth-order valence-electron chi connectivity index (χ4n) is 3.06. The van der Waals surface area contributed by atoms with Gasteiger partial charge in [-0.3, -0.25) is 9.59 Å². The first-order chi connectivity index (χ1) is 10.7. The molecule has 1 aromatic rings. The number of rotatable bonds is 4. The molecule has 3 rings (SSSR count). The zero-order valence-corrected chi connectivity index (χ0v) is 12.6. The van der Waals surface area contributed by atoms with Crippen LogP contribution in [0.4, 0.5) is 0 Å². The van der Waals surface area contributed by atoms with Gasteiger partial charge in [-0.15, -0.1) is 0 Å². The Morgan fingerprint density at radius 1 is 1.27 bits per heavy atom. The van der Waals surface area contributed by atoms with Crippen LogP contribution in [-0.4, -0.2) is 49.1 Å². The number of carbonyl (C=O) groups excluding carboxylic acids is 2. The predicted octanol–water partition coefficient (Wildman–Crippen LogP) is 1.43. The standard InChI is InChI=1S/C16H22N2O4/c19-15(17-11-13-3-1-9-21-13)12-5-7-18(8-6-12)16(20)14-4-2-10-22-14/h2,4,10,12-13H,1,3,5-9,11H2,(H,17,19). The van der Waals surface area contributed by atoms with Crippen molar-refractivity contribution in [1.29, 1.82) is 0 Å². The number of nitrogens with zero attached hydrogens (tertiary/aromatic N) is 1. The molecule has 2 fully saturated rings. The summed E-state index contributed by atoms with van der Waals surface area (Å²) in [6.45, 7) is 2.59. The summed E-state index contributed by atoms with van der Waals surface area (Å²) in [6, 6.07) is 3.38. The van der Waals surface area contributed by atoms with Crippen LogP contribution < -0.4 is 5.32 Å². The Balaban J connectivity index is 1.42. The fourth-order valence-corrected chi connectivity index (χ4v) is 3.06. The summed E-state index contributed by atoms with van der Waals surface area (Å²) in [4.78, 5) is 26.1. The molecule has 0 radical (unpaired) electrons. The number of likely N-dealkylation sites (tertiary alicyclic amines) is 1. The average molecular weight is 306 g/mol. The fraction of sp³-hybridized carbons (Fsp3) is 0.625. The molecule has 120 valence electrons. The third-order valence-corrected chi connectivity index (χ3v) is 4.41. The summed E-state index contributed by atoms with van der Waals surface area (Å²) >= 11 is 0. The number of piperidine rings is 1. The zero-order chi connectivity index (χ0) is 15.4. The molecule has 6 nitrogen and oxygen atoms in total. The number of ether oxygens (including phenoxy) is 1. The Morgan fingerprint density at radius 3 is 2.73 bits per heavy atom. The molecule has 3 heterocycles. The van der Waals surface area contributed by atoms with Gasteiger partial charge in [0, 0.05) is 32.2 Å². The third-order valence-electron chi connectivity index (χ3n) is 4.41. The van der Waals surface area contributed by atoms with Crippen molar-refractivity contribution < 1.29 is 18.7 Å². The van der Waals surface area contributed by atoms with E-state index in [1.54, 1.807) is 17.0 Å². The number of hydrogen-bond acceptors (Lipinski definition) is 4. The van der Waals surface area contributed by atoms with Crippen LogP contribution in [0, 0.1) is 5.92 Å². The van der Waals surface area contributed by atoms with E-state index in [4.69, 9.17) is 9.15 Å². The van der Waals surface area contributed by atoms with Crippen molar-refractivity contribution in [2.45, 2.75) is 31.8 Å². The Morgan fingerprint density at radius 2 is 2.09 bits per heavy atom. The molecule has 0 spiro atoms. The van der Waals surface area contributed by atoms with Crippen LogP contribution in [0.15, 0.2) is 22.8 Å². The lowest BCUT2D eigenvalue weighted by Crippen LogP contribution is -2.44. The second-order valence-corrected chi connectivity index (χ2v) is 5.92. The van der Waals surface area contributed by atoms with Gasteiger partial charge in [-0.25, -0.2) is 0 Å². The highest BCUT2D eigenvalue weighted by Crippen LogP contribution is 2.20. The molecule has 22 heavy (non-hydrogen) atoms. The largest absolute Gasteiger partial charge is 0.459 e. The molecule has 0 aliphatic carbocycles. The minimum atomic E-state index is -0.0942. The lowest BCUT2D eigenvalue weighted by Gasteiger charge is -2.31. The molecule has 1 aromatic heterocycles. The van der Waals surface area contributed by atoms with E-state index in [0.717, 1.165) is 19.4 Å². The number of hydrogen-bond donors (Lipinski definition) is 1. The number of carbonyl (C=O) groups is 2. The maximum atomic E-state index is 12.2. The van der Waals surface area contributed by atoms with E-state index in [1.165, 1.54) is 6.26 Å². The molecular weight excluding hydrogens is 284 g/mol. The normalized spacial score (nSPS) is 22.7. The van der Waals surface area contributed by atoms with Crippen LogP contribution in [0.2, 0.25) is 0 Å². The van der Waals surface area contributed by atoms with Gasteiger partial charge >= 0.3 is 0 Å². The van der Waals surface area contributed by atoms with Gasteiger partial charge < -0.3 is 19.4 Å². The summed E-state index contributed by atoms with van der Waals surface area (Å²) in [5.41, 5.74) is 0. The van der Waals surface area contributed by atoms with Crippen molar-refractivity contribution in [3.63, 3.8) is 0 Å². The summed E-state index contributed by atoms with van der Waals surface area (Å²) in [7, 11) is 0. The van der Waals surface area contributed by atoms with Gasteiger partial charge in [0.1, 0.15) is 0 Å². The maximum absolute atomic E-state index is 12.2. The Hall–Kier alpha value is -1.82. The molecule has 0 saturated carbocycles. The molecule has 2 aliphatic heterocycles. The lowest BCUT2D eigenvalue weighted by molar-refractivity contribution is -0.126. The van der Waals surface area contributed by atoms with E-state index >= 15 is 0 Å². The molecule has 1 atom stereocenters. The van der Waals surface area contributed by atoms with Crippen molar-refractivity contribution in [1.82, 2.24) is 10.2 Å². The van der Waals surface area contributed by atoms with Crippen LogP contribution in [-0.2, 0) is 9.53 Å². The lowest BCUT2D eigenvalue weighted by atomic mass is 9.95. The molecule has 1 unspecified atom stereocenters. The van der Waals surface area contributed by atoms with Crippen LogP contribution in [0.5, 0.6) is 0 Å². The van der Waals surface area contributed by atoms with Crippen molar-refractivity contribution in [2.75, 3.05) is 26.2 Å². The highest BCUT2D eigenvalue weighted by atomic mass is 16.5. The van der Waals surface area contributed by atoms with Crippen molar-refractivity contribution in [2.24, 2.45) is 5.92 Å². The van der Waals surface area contributed by atoms with Crippen molar-refractivity contribution in [3.8, 4) is 0 Å². The van der Waals surface area contributed by atoms with Gasteiger partial charge in [-0.2, -0.15) is 0 Å². The van der Waals surface area contributed by atoms with E-state index < -0.39 is 0 Å². The summed E-state index contributed by atoms with van der Waals surface area (Å²) in [6.07, 6.45) is 5.17. The van der Waals surface area contributed by atoms with Gasteiger partial charge in [0.2, 0.25) is 5.91 Å². The highest BCUT2D eigenvalue weighted by Gasteiger charge is 2.29. The number of furan rings is 1. The van der Waals surface area contributed by atoms with Crippen LogP contribution in [0.1, 0.15) is 36.2 Å². The van der Waals surface area contributed by atoms with Gasteiger partial charge in [-0.1, -0.05) is 0 Å². The van der Waals surface area contributed by atoms with Crippen molar-refractivity contribution >= 4 is 11.8 Å². The number of nitrogens with one attached hydrogen (secondary N) is 1. The first-order valence-electron chi connectivity index (χ1n) is 7.96. The first-order valence-corrected chi connectivity index (χ1v) is 7.96. The molecule has 0 aromatic carbocycles. The molecule has 2 aliphatic rings. The molecule has 6 heteroatoms. The zero-order valence-electron chi connectivity index (χ0n) is 12.6.